The van der Waals surface area contributed by atoms with E-state index < -0.39 is 0 Å². The lowest BCUT2D eigenvalue weighted by Crippen LogP contribution is -2.33. The number of aromatic nitrogens is 1. The van der Waals surface area contributed by atoms with Crippen molar-refractivity contribution in [1.29, 1.82) is 0 Å². The molecule has 0 bridgehead atoms. The number of likely N-dealkylation sites (tertiary alicyclic amines) is 1. The molecule has 138 valence electrons. The summed E-state index contributed by atoms with van der Waals surface area (Å²) in [6.07, 6.45) is 0. The summed E-state index contributed by atoms with van der Waals surface area (Å²) in [5, 5.41) is 3.73. The van der Waals surface area contributed by atoms with Crippen LogP contribution in [0, 0.1) is 11.8 Å². The van der Waals surface area contributed by atoms with Crippen LogP contribution in [0.1, 0.15) is 12.5 Å². The molecule has 2 unspecified atom stereocenters. The first-order valence-corrected chi connectivity index (χ1v) is 10.1. The van der Waals surface area contributed by atoms with Crippen molar-refractivity contribution in [2.24, 2.45) is 11.8 Å². The van der Waals surface area contributed by atoms with E-state index in [1.54, 1.807) is 18.3 Å². The highest BCUT2D eigenvalue weighted by atomic mass is 32.1. The van der Waals surface area contributed by atoms with E-state index in [1.807, 2.05) is 30.3 Å². The number of nitrogens with one attached hydrogen (secondary N) is 1. The Labute approximate surface area is 162 Å². The molecule has 1 aliphatic heterocycles. The lowest BCUT2D eigenvalue weighted by molar-refractivity contribution is -0.119. The van der Waals surface area contributed by atoms with Gasteiger partial charge < -0.3 is 10.1 Å². The predicted molar refractivity (Wildman–Crippen MR) is 106 cm³/mol. The van der Waals surface area contributed by atoms with Crippen molar-refractivity contribution in [1.82, 2.24) is 15.2 Å². The van der Waals surface area contributed by atoms with Crippen LogP contribution in [0.3, 0.4) is 0 Å². The van der Waals surface area contributed by atoms with Crippen LogP contribution in [0.2, 0.25) is 0 Å². The number of nitrogens with zero attached hydrogens (tertiary/aromatic N) is 2. The van der Waals surface area contributed by atoms with Crippen LogP contribution in [0.25, 0.3) is 10.2 Å². The third-order valence-corrected chi connectivity index (χ3v) is 6.36. The van der Waals surface area contributed by atoms with Crippen molar-refractivity contribution in [2.45, 2.75) is 19.5 Å². The minimum absolute atomic E-state index is 0.0877. The topological polar surface area (TPSA) is 54.5 Å². The SMILES string of the molecule is CC(=O)NC1C2CN(Cc3ccc(Oc4nc5ccccc5s4)cc3)C[C@@H]21. The summed E-state index contributed by atoms with van der Waals surface area (Å²) in [5.74, 6) is 2.17. The monoisotopic (exact) mass is 379 g/mol. The Morgan fingerprint density at radius 2 is 1.93 bits per heavy atom. The van der Waals surface area contributed by atoms with Gasteiger partial charge in [0.05, 0.1) is 10.2 Å². The van der Waals surface area contributed by atoms with Gasteiger partial charge in [-0.1, -0.05) is 35.6 Å². The molecule has 2 aliphatic rings. The number of carbonyl (C=O) groups excluding carboxylic acids is 1. The quantitative estimate of drug-likeness (QED) is 0.735. The first kappa shape index (κ1) is 16.7. The van der Waals surface area contributed by atoms with E-state index in [-0.39, 0.29) is 5.91 Å². The molecule has 1 saturated heterocycles. The number of carbonyl (C=O) groups is 1. The number of benzene rings is 2. The zero-order valence-corrected chi connectivity index (χ0v) is 15.9. The standard InChI is InChI=1S/C21H21N3O2S/c1-13(25)22-20-16-11-24(12-17(16)20)10-14-6-8-15(9-7-14)26-21-23-18-4-2-3-5-19(18)27-21/h2-9,16-17,20H,10-12H2,1H3,(H,22,25)/t16-,17?,20?/m0/s1. The Hall–Kier alpha value is -2.44. The van der Waals surface area contributed by atoms with E-state index in [0.29, 0.717) is 23.1 Å². The largest absolute Gasteiger partial charge is 0.431 e. The molecule has 27 heavy (non-hydrogen) atoms. The third-order valence-electron chi connectivity index (χ3n) is 5.45. The number of hydrogen-bond donors (Lipinski definition) is 1. The fourth-order valence-electron chi connectivity index (χ4n) is 4.11. The molecule has 2 fully saturated rings. The van der Waals surface area contributed by atoms with E-state index >= 15 is 0 Å². The molecule has 0 radical (unpaired) electrons. The molecule has 1 amide bonds. The maximum absolute atomic E-state index is 11.2. The second-order valence-corrected chi connectivity index (χ2v) is 8.43. The Bertz CT molecular complexity index is 940. The summed E-state index contributed by atoms with van der Waals surface area (Å²) in [5.41, 5.74) is 2.25. The van der Waals surface area contributed by atoms with Gasteiger partial charge in [0.1, 0.15) is 5.75 Å². The molecular weight excluding hydrogens is 358 g/mol. The zero-order chi connectivity index (χ0) is 18.4. The van der Waals surface area contributed by atoms with Gasteiger partial charge in [0.25, 0.3) is 5.19 Å². The van der Waals surface area contributed by atoms with Crippen molar-refractivity contribution in [3.05, 3.63) is 54.1 Å². The van der Waals surface area contributed by atoms with Crippen molar-refractivity contribution >= 4 is 27.5 Å². The van der Waals surface area contributed by atoms with Gasteiger partial charge in [-0.15, -0.1) is 0 Å². The van der Waals surface area contributed by atoms with Crippen LogP contribution in [-0.4, -0.2) is 34.9 Å². The highest BCUT2D eigenvalue weighted by Gasteiger charge is 2.55. The molecule has 6 heteroatoms. The summed E-state index contributed by atoms with van der Waals surface area (Å²) in [7, 11) is 0. The van der Waals surface area contributed by atoms with E-state index in [9.17, 15) is 4.79 Å². The molecule has 2 heterocycles. The second kappa shape index (κ2) is 6.62. The van der Waals surface area contributed by atoms with Crippen molar-refractivity contribution in [3.63, 3.8) is 0 Å². The van der Waals surface area contributed by atoms with E-state index in [0.717, 1.165) is 35.6 Å². The van der Waals surface area contributed by atoms with E-state index in [1.165, 1.54) is 5.56 Å². The van der Waals surface area contributed by atoms with Gasteiger partial charge in [0.2, 0.25) is 5.91 Å². The second-order valence-electron chi connectivity index (χ2n) is 7.44. The number of piperidine rings is 1. The lowest BCUT2D eigenvalue weighted by Gasteiger charge is -2.19. The minimum atomic E-state index is 0.0877. The van der Waals surface area contributed by atoms with Gasteiger partial charge in [0, 0.05) is 32.6 Å². The zero-order valence-electron chi connectivity index (χ0n) is 15.1. The van der Waals surface area contributed by atoms with E-state index in [4.69, 9.17) is 4.74 Å². The predicted octanol–water partition coefficient (Wildman–Crippen LogP) is 3.65. The van der Waals surface area contributed by atoms with Crippen molar-refractivity contribution in [2.75, 3.05) is 13.1 Å². The first-order chi connectivity index (χ1) is 13.2. The molecule has 1 aromatic heterocycles. The van der Waals surface area contributed by atoms with Crippen LogP contribution in [0.15, 0.2) is 48.5 Å². The third kappa shape index (κ3) is 3.42. The molecule has 2 aromatic carbocycles. The summed E-state index contributed by atoms with van der Waals surface area (Å²) >= 11 is 1.56. The van der Waals surface area contributed by atoms with Crippen LogP contribution in [0.4, 0.5) is 0 Å². The number of amides is 1. The number of hydrogen-bond acceptors (Lipinski definition) is 5. The number of fused-ring (bicyclic) bond motifs is 2. The van der Waals surface area contributed by atoms with Crippen LogP contribution >= 0.6 is 11.3 Å². The van der Waals surface area contributed by atoms with Gasteiger partial charge in [0.15, 0.2) is 0 Å². The average molecular weight is 379 g/mol. The van der Waals surface area contributed by atoms with Crippen LogP contribution < -0.4 is 10.1 Å². The van der Waals surface area contributed by atoms with Crippen molar-refractivity contribution in [3.8, 4) is 10.9 Å². The summed E-state index contributed by atoms with van der Waals surface area (Å²) in [4.78, 5) is 18.2. The maximum Gasteiger partial charge on any atom is 0.279 e. The maximum atomic E-state index is 11.2. The summed E-state index contributed by atoms with van der Waals surface area (Å²) in [6.45, 7) is 4.68. The van der Waals surface area contributed by atoms with E-state index in [2.05, 4.69) is 33.4 Å². The average Bonchev–Trinajstić information content (AvgIpc) is 3.01. The molecule has 3 atom stereocenters. The fraction of sp³-hybridized carbons (Fsp3) is 0.333. The number of rotatable bonds is 5. The molecule has 1 aliphatic carbocycles. The summed E-state index contributed by atoms with van der Waals surface area (Å²) in [6, 6.07) is 16.7. The highest BCUT2D eigenvalue weighted by molar-refractivity contribution is 7.20. The Kier molecular flexibility index (Phi) is 4.10. The highest BCUT2D eigenvalue weighted by Crippen LogP contribution is 2.45. The molecule has 1 N–H and O–H groups in total. The van der Waals surface area contributed by atoms with Gasteiger partial charge in [-0.3, -0.25) is 9.69 Å². The summed E-state index contributed by atoms with van der Waals surface area (Å²) < 4.78 is 7.05. The Morgan fingerprint density at radius 1 is 1.19 bits per heavy atom. The molecular formula is C21H21N3O2S. The molecule has 5 rings (SSSR count). The van der Waals surface area contributed by atoms with Crippen LogP contribution in [0.5, 0.6) is 10.9 Å². The fourth-order valence-corrected chi connectivity index (χ4v) is 4.94. The van der Waals surface area contributed by atoms with Crippen molar-refractivity contribution < 1.29 is 9.53 Å². The number of para-hydroxylation sites is 1. The van der Waals surface area contributed by atoms with Gasteiger partial charge in [-0.25, -0.2) is 4.98 Å². The first-order valence-electron chi connectivity index (χ1n) is 9.27. The molecule has 5 nitrogen and oxygen atoms in total. The minimum Gasteiger partial charge on any atom is -0.431 e. The molecule has 0 spiro atoms. The van der Waals surface area contributed by atoms with Gasteiger partial charge >= 0.3 is 0 Å². The number of thiazole rings is 1. The van der Waals surface area contributed by atoms with Gasteiger partial charge in [-0.05, 0) is 41.7 Å². The normalized spacial score (nSPS) is 24.0. The smallest absolute Gasteiger partial charge is 0.279 e. The van der Waals surface area contributed by atoms with Crippen LogP contribution in [-0.2, 0) is 11.3 Å². The molecule has 3 aromatic rings. The van der Waals surface area contributed by atoms with Gasteiger partial charge in [-0.2, -0.15) is 0 Å². The Morgan fingerprint density at radius 3 is 2.63 bits per heavy atom. The Balaban J connectivity index is 1.17. The lowest BCUT2D eigenvalue weighted by atomic mass is 10.2. The molecule has 1 saturated carbocycles. The number of ether oxygens (including phenoxy) is 1.